The Morgan fingerprint density at radius 2 is 1.69 bits per heavy atom. The van der Waals surface area contributed by atoms with E-state index in [9.17, 15) is 4.79 Å². The first kappa shape index (κ1) is 16.9. The summed E-state index contributed by atoms with van der Waals surface area (Å²) in [5.74, 6) is 0.180. The molecule has 26 heavy (non-hydrogen) atoms. The number of piperidine rings is 1. The van der Waals surface area contributed by atoms with E-state index < -0.39 is 0 Å². The summed E-state index contributed by atoms with van der Waals surface area (Å²) in [6.45, 7) is 3.53. The third-order valence-corrected chi connectivity index (χ3v) is 5.78. The number of nitrogens with one attached hydrogen (secondary N) is 1. The first-order chi connectivity index (χ1) is 12.7. The molecule has 3 N–H and O–H groups in total. The average molecular weight is 350 g/mol. The third-order valence-electron chi connectivity index (χ3n) is 5.78. The maximum Gasteiger partial charge on any atom is 0.247 e. The van der Waals surface area contributed by atoms with Crippen molar-refractivity contribution in [2.24, 2.45) is 0 Å². The number of benzene rings is 2. The summed E-state index contributed by atoms with van der Waals surface area (Å²) >= 11 is 0. The number of rotatable bonds is 4. The first-order valence-corrected chi connectivity index (χ1v) is 9.35. The molecule has 2 saturated heterocycles. The third kappa shape index (κ3) is 3.15. The summed E-state index contributed by atoms with van der Waals surface area (Å²) < 4.78 is 0. The lowest BCUT2D eigenvalue weighted by Gasteiger charge is -2.43. The highest BCUT2D eigenvalue weighted by molar-refractivity contribution is 5.93. The summed E-state index contributed by atoms with van der Waals surface area (Å²) in [4.78, 5) is 17.4. The number of nitrogen functional groups attached to an aromatic ring is 1. The van der Waals surface area contributed by atoms with Crippen LogP contribution in [-0.4, -0.2) is 42.6 Å². The molecule has 0 unspecified atom stereocenters. The molecule has 2 heterocycles. The first-order valence-electron chi connectivity index (χ1n) is 9.35. The molecule has 2 aliphatic heterocycles. The average Bonchev–Trinajstić information content (AvgIpc) is 2.99. The molecule has 0 bridgehead atoms. The van der Waals surface area contributed by atoms with Gasteiger partial charge in [-0.25, -0.2) is 0 Å². The van der Waals surface area contributed by atoms with Crippen LogP contribution in [0.4, 0.5) is 11.4 Å². The van der Waals surface area contributed by atoms with Gasteiger partial charge < -0.3 is 20.9 Å². The van der Waals surface area contributed by atoms with E-state index in [0.717, 1.165) is 50.3 Å². The van der Waals surface area contributed by atoms with Crippen LogP contribution in [0.25, 0.3) is 0 Å². The fraction of sp³-hybridized carbons (Fsp3) is 0.381. The van der Waals surface area contributed by atoms with Crippen LogP contribution in [0.2, 0.25) is 0 Å². The van der Waals surface area contributed by atoms with E-state index in [0.29, 0.717) is 6.67 Å². The van der Waals surface area contributed by atoms with Crippen molar-refractivity contribution in [1.29, 1.82) is 0 Å². The van der Waals surface area contributed by atoms with Crippen LogP contribution >= 0.6 is 0 Å². The molecule has 2 aromatic rings. The Morgan fingerprint density at radius 3 is 2.38 bits per heavy atom. The zero-order valence-corrected chi connectivity index (χ0v) is 15.0. The van der Waals surface area contributed by atoms with Crippen LogP contribution in [0.3, 0.4) is 0 Å². The predicted octanol–water partition coefficient (Wildman–Crippen LogP) is 2.24. The predicted molar refractivity (Wildman–Crippen MR) is 105 cm³/mol. The Labute approximate surface area is 154 Å². The van der Waals surface area contributed by atoms with Gasteiger partial charge in [-0.15, -0.1) is 0 Å². The molecular weight excluding hydrogens is 324 g/mol. The van der Waals surface area contributed by atoms with Crippen molar-refractivity contribution < 1.29 is 4.79 Å². The summed E-state index contributed by atoms with van der Waals surface area (Å²) in [7, 11) is 0. The van der Waals surface area contributed by atoms with E-state index in [4.69, 9.17) is 5.73 Å². The molecule has 0 atom stereocenters. The quantitative estimate of drug-likeness (QED) is 0.830. The van der Waals surface area contributed by atoms with Gasteiger partial charge in [-0.1, -0.05) is 30.3 Å². The number of likely N-dealkylation sites (tertiary alicyclic amines) is 1. The van der Waals surface area contributed by atoms with Gasteiger partial charge in [0.15, 0.2) is 0 Å². The lowest BCUT2D eigenvalue weighted by Crippen LogP contribution is -2.56. The van der Waals surface area contributed by atoms with Gasteiger partial charge in [-0.3, -0.25) is 4.79 Å². The highest BCUT2D eigenvalue weighted by Crippen LogP contribution is 2.36. The van der Waals surface area contributed by atoms with Crippen molar-refractivity contribution in [3.63, 3.8) is 0 Å². The Balaban J connectivity index is 1.39. The Kier molecular flexibility index (Phi) is 4.55. The van der Waals surface area contributed by atoms with Gasteiger partial charge >= 0.3 is 0 Å². The van der Waals surface area contributed by atoms with Crippen molar-refractivity contribution in [3.8, 4) is 0 Å². The monoisotopic (exact) mass is 350 g/mol. The lowest BCUT2D eigenvalue weighted by molar-refractivity contribution is -0.125. The summed E-state index contributed by atoms with van der Waals surface area (Å²) in [5, 5.41) is 3.06. The molecule has 4 rings (SSSR count). The smallest absolute Gasteiger partial charge is 0.247 e. The molecule has 1 spiro atoms. The standard InChI is InChI=1S/C21H26N4O/c22-18-8-6-17(7-9-18)10-13-24-14-11-21(12-15-24)20(26)23-16-25(21)19-4-2-1-3-5-19/h1-9H,10-16,22H2,(H,23,26). The maximum atomic E-state index is 12.7. The molecule has 2 aromatic carbocycles. The van der Waals surface area contributed by atoms with Crippen LogP contribution < -0.4 is 16.0 Å². The number of hydrogen-bond acceptors (Lipinski definition) is 4. The summed E-state index contributed by atoms with van der Waals surface area (Å²) in [6.07, 6.45) is 2.76. The molecule has 0 aliphatic carbocycles. The Morgan fingerprint density at radius 1 is 1.00 bits per heavy atom. The normalized spacial score (nSPS) is 19.7. The molecule has 1 amide bonds. The number of nitrogens with zero attached hydrogens (tertiary/aromatic N) is 2. The van der Waals surface area contributed by atoms with E-state index in [-0.39, 0.29) is 11.4 Å². The number of para-hydroxylation sites is 1. The van der Waals surface area contributed by atoms with E-state index in [1.165, 1.54) is 5.56 Å². The van der Waals surface area contributed by atoms with Crippen molar-refractivity contribution in [2.45, 2.75) is 24.8 Å². The van der Waals surface area contributed by atoms with Crippen LogP contribution in [0.1, 0.15) is 18.4 Å². The molecular formula is C21H26N4O. The number of amides is 1. The highest BCUT2D eigenvalue weighted by atomic mass is 16.2. The van der Waals surface area contributed by atoms with Gasteiger partial charge in [0, 0.05) is 31.0 Å². The number of carbonyl (C=O) groups excluding carboxylic acids is 1. The SMILES string of the molecule is Nc1ccc(CCN2CCC3(CC2)C(=O)NCN3c2ccccc2)cc1. The Hall–Kier alpha value is -2.53. The second-order valence-electron chi connectivity index (χ2n) is 7.29. The molecule has 136 valence electrons. The van der Waals surface area contributed by atoms with Crippen molar-refractivity contribution in [1.82, 2.24) is 10.2 Å². The topological polar surface area (TPSA) is 61.6 Å². The second-order valence-corrected chi connectivity index (χ2v) is 7.29. The minimum absolute atomic E-state index is 0.180. The van der Waals surface area contributed by atoms with Gasteiger partial charge in [-0.2, -0.15) is 0 Å². The van der Waals surface area contributed by atoms with Gasteiger partial charge in [0.2, 0.25) is 5.91 Å². The fourth-order valence-corrected chi connectivity index (χ4v) is 4.15. The van der Waals surface area contributed by atoms with E-state index in [1.807, 2.05) is 30.3 Å². The van der Waals surface area contributed by atoms with Crippen LogP contribution in [-0.2, 0) is 11.2 Å². The van der Waals surface area contributed by atoms with Gasteiger partial charge in [0.25, 0.3) is 0 Å². The van der Waals surface area contributed by atoms with Crippen molar-refractivity contribution in [2.75, 3.05) is 36.9 Å². The minimum Gasteiger partial charge on any atom is -0.399 e. The van der Waals surface area contributed by atoms with Crippen molar-refractivity contribution in [3.05, 3.63) is 60.2 Å². The highest BCUT2D eigenvalue weighted by Gasteiger charge is 2.50. The van der Waals surface area contributed by atoms with E-state index in [1.54, 1.807) is 0 Å². The van der Waals surface area contributed by atoms with Gasteiger partial charge in [-0.05, 0) is 49.1 Å². The van der Waals surface area contributed by atoms with Gasteiger partial charge in [0.1, 0.15) is 5.54 Å². The molecule has 2 aliphatic rings. The lowest BCUT2D eigenvalue weighted by atomic mass is 9.85. The minimum atomic E-state index is -0.390. The molecule has 5 nitrogen and oxygen atoms in total. The second kappa shape index (κ2) is 7.00. The Bertz CT molecular complexity index is 751. The molecule has 2 fully saturated rings. The van der Waals surface area contributed by atoms with E-state index >= 15 is 0 Å². The fourth-order valence-electron chi connectivity index (χ4n) is 4.15. The number of hydrogen-bond donors (Lipinski definition) is 2. The molecule has 0 saturated carbocycles. The number of carbonyl (C=O) groups is 1. The number of nitrogens with two attached hydrogens (primary N) is 1. The van der Waals surface area contributed by atoms with Crippen molar-refractivity contribution >= 4 is 17.3 Å². The number of anilines is 2. The van der Waals surface area contributed by atoms with Crippen LogP contribution in [0.5, 0.6) is 0 Å². The molecule has 0 aromatic heterocycles. The maximum absolute atomic E-state index is 12.7. The zero-order chi connectivity index (χ0) is 18.0. The molecule has 5 heteroatoms. The van der Waals surface area contributed by atoms with Crippen LogP contribution in [0, 0.1) is 0 Å². The summed E-state index contributed by atoms with van der Waals surface area (Å²) in [5.41, 5.74) is 8.61. The largest absolute Gasteiger partial charge is 0.399 e. The van der Waals surface area contributed by atoms with Gasteiger partial charge in [0.05, 0.1) is 6.67 Å². The summed E-state index contributed by atoms with van der Waals surface area (Å²) in [6, 6.07) is 18.4. The van der Waals surface area contributed by atoms with Crippen LogP contribution in [0.15, 0.2) is 54.6 Å². The van der Waals surface area contributed by atoms with E-state index in [2.05, 4.69) is 39.4 Å². The zero-order valence-electron chi connectivity index (χ0n) is 15.0. The molecule has 0 radical (unpaired) electrons.